The lowest BCUT2D eigenvalue weighted by Crippen LogP contribution is -2.28. The molecule has 2 aromatic carbocycles. The molecule has 0 radical (unpaired) electrons. The Morgan fingerprint density at radius 3 is 2.52 bits per heavy atom. The van der Waals surface area contributed by atoms with Crippen LogP contribution in [0.1, 0.15) is 18.4 Å². The molecule has 1 N–H and O–H groups in total. The first-order valence-corrected chi connectivity index (χ1v) is 8.84. The minimum atomic E-state index is -0.0293. The van der Waals surface area contributed by atoms with Crippen molar-refractivity contribution in [3.05, 3.63) is 58.1 Å². The van der Waals surface area contributed by atoms with Gasteiger partial charge in [-0.05, 0) is 43.7 Å². The summed E-state index contributed by atoms with van der Waals surface area (Å²) < 4.78 is 11.1. The number of ether oxygens (including phenoxy) is 2. The average Bonchev–Trinajstić information content (AvgIpc) is 2.59. The molecule has 0 aliphatic carbocycles. The molecule has 2 rings (SSSR count). The largest absolute Gasteiger partial charge is 0.492 e. The topological polar surface area (TPSA) is 47.6 Å². The molecule has 0 spiro atoms. The zero-order valence-corrected chi connectivity index (χ0v) is 15.6. The second-order valence-electron chi connectivity index (χ2n) is 5.54. The molecule has 6 heteroatoms. The van der Waals surface area contributed by atoms with Gasteiger partial charge in [0.25, 0.3) is 0 Å². The molecule has 25 heavy (non-hydrogen) atoms. The fourth-order valence-corrected chi connectivity index (χ4v) is 2.55. The van der Waals surface area contributed by atoms with Crippen LogP contribution in [-0.2, 0) is 4.79 Å². The molecule has 2 aromatic rings. The standard InChI is InChI=1S/C19H21Cl2NO3/c1-14-4-7-16(8-5-14)24-12-10-22-19(23)3-2-11-25-18-9-6-15(20)13-17(18)21/h4-9,13H,2-3,10-12H2,1H3,(H,22,23). The predicted molar refractivity (Wildman–Crippen MR) is 101 cm³/mol. The van der Waals surface area contributed by atoms with E-state index in [4.69, 9.17) is 32.7 Å². The van der Waals surface area contributed by atoms with Gasteiger partial charge in [0.05, 0.1) is 18.2 Å². The highest BCUT2D eigenvalue weighted by molar-refractivity contribution is 6.35. The maximum absolute atomic E-state index is 11.8. The Bertz CT molecular complexity index is 690. The van der Waals surface area contributed by atoms with Crippen molar-refractivity contribution in [2.45, 2.75) is 19.8 Å². The van der Waals surface area contributed by atoms with Crippen LogP contribution in [0.2, 0.25) is 10.0 Å². The maximum atomic E-state index is 11.8. The van der Waals surface area contributed by atoms with Crippen molar-refractivity contribution >= 4 is 29.1 Å². The summed E-state index contributed by atoms with van der Waals surface area (Å²) in [6, 6.07) is 12.9. The third-order valence-electron chi connectivity index (χ3n) is 3.41. The smallest absolute Gasteiger partial charge is 0.220 e. The summed E-state index contributed by atoms with van der Waals surface area (Å²) in [6.45, 7) is 3.34. The zero-order chi connectivity index (χ0) is 18.1. The minimum Gasteiger partial charge on any atom is -0.492 e. The summed E-state index contributed by atoms with van der Waals surface area (Å²) >= 11 is 11.8. The Morgan fingerprint density at radius 1 is 1.04 bits per heavy atom. The Hall–Kier alpha value is -1.91. The fraction of sp³-hybridized carbons (Fsp3) is 0.316. The molecule has 0 aromatic heterocycles. The van der Waals surface area contributed by atoms with E-state index < -0.39 is 0 Å². The fourth-order valence-electron chi connectivity index (χ4n) is 2.09. The lowest BCUT2D eigenvalue weighted by Gasteiger charge is -2.09. The Balaban J connectivity index is 1.55. The van der Waals surface area contributed by atoms with Crippen molar-refractivity contribution in [2.24, 2.45) is 0 Å². The monoisotopic (exact) mass is 381 g/mol. The quantitative estimate of drug-likeness (QED) is 0.642. The second-order valence-corrected chi connectivity index (χ2v) is 6.38. The van der Waals surface area contributed by atoms with Gasteiger partial charge < -0.3 is 14.8 Å². The van der Waals surface area contributed by atoms with E-state index in [1.807, 2.05) is 31.2 Å². The van der Waals surface area contributed by atoms with Gasteiger partial charge in [-0.25, -0.2) is 0 Å². The van der Waals surface area contributed by atoms with Crippen LogP contribution in [0.5, 0.6) is 11.5 Å². The van der Waals surface area contributed by atoms with Crippen LogP contribution in [0, 0.1) is 6.92 Å². The van der Waals surface area contributed by atoms with E-state index in [1.54, 1.807) is 18.2 Å². The normalized spacial score (nSPS) is 10.4. The first-order valence-electron chi connectivity index (χ1n) is 8.08. The molecule has 1 amide bonds. The Morgan fingerprint density at radius 2 is 1.80 bits per heavy atom. The van der Waals surface area contributed by atoms with Gasteiger partial charge in [0.1, 0.15) is 18.1 Å². The van der Waals surface area contributed by atoms with Gasteiger partial charge in [-0.2, -0.15) is 0 Å². The van der Waals surface area contributed by atoms with Crippen LogP contribution in [0.15, 0.2) is 42.5 Å². The molecule has 134 valence electrons. The third kappa shape index (κ3) is 7.24. The number of amides is 1. The molecule has 0 bridgehead atoms. The summed E-state index contributed by atoms with van der Waals surface area (Å²) in [4.78, 5) is 11.8. The lowest BCUT2D eigenvalue weighted by atomic mass is 10.2. The average molecular weight is 382 g/mol. The SMILES string of the molecule is Cc1ccc(OCCNC(=O)CCCOc2ccc(Cl)cc2Cl)cc1. The molecule has 0 saturated heterocycles. The Kier molecular flexibility index (Phi) is 7.89. The van der Waals surface area contributed by atoms with Gasteiger partial charge in [-0.1, -0.05) is 40.9 Å². The molecular formula is C19H21Cl2NO3. The van der Waals surface area contributed by atoms with Crippen LogP contribution < -0.4 is 14.8 Å². The second kappa shape index (κ2) is 10.2. The van der Waals surface area contributed by atoms with Gasteiger partial charge in [-0.15, -0.1) is 0 Å². The summed E-state index contributed by atoms with van der Waals surface area (Å²) in [5.41, 5.74) is 1.18. The number of rotatable bonds is 9. The van der Waals surface area contributed by atoms with Crippen molar-refractivity contribution in [3.8, 4) is 11.5 Å². The highest BCUT2D eigenvalue weighted by Gasteiger charge is 2.04. The van der Waals surface area contributed by atoms with Gasteiger partial charge in [0.15, 0.2) is 0 Å². The number of aryl methyl sites for hydroxylation is 1. The Labute approximate surface area is 158 Å². The summed E-state index contributed by atoms with van der Waals surface area (Å²) in [6.07, 6.45) is 0.985. The van der Waals surface area contributed by atoms with Crippen molar-refractivity contribution in [1.82, 2.24) is 5.32 Å². The third-order valence-corrected chi connectivity index (χ3v) is 3.94. The molecule has 4 nitrogen and oxygen atoms in total. The predicted octanol–water partition coefficient (Wildman–Crippen LogP) is 4.66. The van der Waals surface area contributed by atoms with Crippen LogP contribution in [0.3, 0.4) is 0 Å². The highest BCUT2D eigenvalue weighted by Crippen LogP contribution is 2.27. The number of benzene rings is 2. The lowest BCUT2D eigenvalue weighted by molar-refractivity contribution is -0.121. The molecule has 0 unspecified atom stereocenters. The van der Waals surface area contributed by atoms with Gasteiger partial charge >= 0.3 is 0 Å². The molecule has 0 atom stereocenters. The van der Waals surface area contributed by atoms with Crippen LogP contribution >= 0.6 is 23.2 Å². The molecule has 0 fully saturated rings. The van der Waals surface area contributed by atoms with Crippen molar-refractivity contribution in [3.63, 3.8) is 0 Å². The van der Waals surface area contributed by atoms with Gasteiger partial charge in [0, 0.05) is 11.4 Å². The number of carbonyl (C=O) groups is 1. The van der Waals surface area contributed by atoms with Crippen LogP contribution in [0.4, 0.5) is 0 Å². The first kappa shape index (κ1) is 19.4. The molecule has 0 aliphatic heterocycles. The summed E-state index contributed by atoms with van der Waals surface area (Å²) in [7, 11) is 0. The van der Waals surface area contributed by atoms with Crippen molar-refractivity contribution in [1.29, 1.82) is 0 Å². The van der Waals surface area contributed by atoms with E-state index in [9.17, 15) is 4.79 Å². The number of nitrogens with one attached hydrogen (secondary N) is 1. The number of hydrogen-bond donors (Lipinski definition) is 1. The van der Waals surface area contributed by atoms with Gasteiger partial charge in [0.2, 0.25) is 5.91 Å². The van der Waals surface area contributed by atoms with Gasteiger partial charge in [-0.3, -0.25) is 4.79 Å². The van der Waals surface area contributed by atoms with Crippen molar-refractivity contribution in [2.75, 3.05) is 19.8 Å². The van der Waals surface area contributed by atoms with E-state index in [-0.39, 0.29) is 5.91 Å². The van der Waals surface area contributed by atoms with E-state index >= 15 is 0 Å². The zero-order valence-electron chi connectivity index (χ0n) is 14.1. The van der Waals surface area contributed by atoms with Crippen LogP contribution in [-0.4, -0.2) is 25.7 Å². The summed E-state index contributed by atoms with van der Waals surface area (Å²) in [5.74, 6) is 1.34. The molecular weight excluding hydrogens is 361 g/mol. The number of carbonyl (C=O) groups excluding carboxylic acids is 1. The van der Waals surface area contributed by atoms with E-state index in [0.29, 0.717) is 48.4 Å². The molecule has 0 heterocycles. The van der Waals surface area contributed by atoms with Crippen molar-refractivity contribution < 1.29 is 14.3 Å². The van der Waals surface area contributed by atoms with E-state index in [0.717, 1.165) is 5.75 Å². The maximum Gasteiger partial charge on any atom is 0.220 e. The summed E-state index contributed by atoms with van der Waals surface area (Å²) in [5, 5.41) is 3.84. The van der Waals surface area contributed by atoms with E-state index in [1.165, 1.54) is 5.56 Å². The molecule has 0 saturated carbocycles. The first-order chi connectivity index (χ1) is 12.0. The number of halogens is 2. The minimum absolute atomic E-state index is 0.0293. The highest BCUT2D eigenvalue weighted by atomic mass is 35.5. The molecule has 0 aliphatic rings. The van der Waals surface area contributed by atoms with Crippen LogP contribution in [0.25, 0.3) is 0 Å². The number of hydrogen-bond acceptors (Lipinski definition) is 3. The van der Waals surface area contributed by atoms with E-state index in [2.05, 4.69) is 5.32 Å².